The van der Waals surface area contributed by atoms with E-state index in [0.717, 1.165) is 11.8 Å². The van der Waals surface area contributed by atoms with Gasteiger partial charge in [-0.2, -0.15) is 0 Å². The van der Waals surface area contributed by atoms with Gasteiger partial charge in [0.05, 0.1) is 0 Å². The van der Waals surface area contributed by atoms with Crippen LogP contribution in [0.3, 0.4) is 0 Å². The predicted octanol–water partition coefficient (Wildman–Crippen LogP) is 7.35. The van der Waals surface area contributed by atoms with Crippen molar-refractivity contribution >= 4 is 5.57 Å². The maximum absolute atomic E-state index is 9.79. The number of phenolic OH excluding ortho intramolecular Hbond substituents is 1. The van der Waals surface area contributed by atoms with Crippen LogP contribution in [0, 0.1) is 11.8 Å². The molecule has 0 spiro atoms. The van der Waals surface area contributed by atoms with E-state index in [1.807, 2.05) is 12.1 Å². The lowest BCUT2D eigenvalue weighted by molar-refractivity contribution is 0.475. The molecule has 1 N–H and O–H groups in total. The molecule has 1 nitrogen and oxygen atoms in total. The van der Waals surface area contributed by atoms with Gasteiger partial charge in [0.2, 0.25) is 0 Å². The molecule has 27 heavy (non-hydrogen) atoms. The third kappa shape index (κ3) is 4.46. The summed E-state index contributed by atoms with van der Waals surface area (Å²) in [4.78, 5) is 0. The molecule has 0 aliphatic heterocycles. The summed E-state index contributed by atoms with van der Waals surface area (Å²) in [7, 11) is 0. The summed E-state index contributed by atoms with van der Waals surface area (Å²) >= 11 is 0. The normalized spacial score (nSPS) is 19.4. The second kappa shape index (κ2) is 8.78. The molecule has 2 fully saturated rings. The molecule has 0 saturated heterocycles. The quantitative estimate of drug-likeness (QED) is 0.570. The monoisotopic (exact) mass is 360 g/mol. The zero-order valence-corrected chi connectivity index (χ0v) is 16.4. The Bertz CT molecular complexity index is 745. The fraction of sp³-hybridized carbons (Fsp3) is 0.462. The lowest BCUT2D eigenvalue weighted by Crippen LogP contribution is -2.07. The minimum Gasteiger partial charge on any atom is -0.508 e. The first-order chi connectivity index (χ1) is 13.3. The Morgan fingerprint density at radius 3 is 2.00 bits per heavy atom. The maximum Gasteiger partial charge on any atom is 0.115 e. The number of rotatable bonds is 6. The SMILES string of the molecule is Oc1ccc(/C(=C(/CCC2CCCC2)C2CCCC2)c2ccccc2)cc1. The lowest BCUT2D eigenvalue weighted by atomic mass is 9.82. The summed E-state index contributed by atoms with van der Waals surface area (Å²) in [6.07, 6.45) is 13.7. The Labute approximate surface area is 164 Å². The molecule has 0 bridgehead atoms. The Kier molecular flexibility index (Phi) is 5.97. The number of hydrogen-bond acceptors (Lipinski definition) is 1. The van der Waals surface area contributed by atoms with Crippen LogP contribution in [-0.4, -0.2) is 5.11 Å². The number of hydrogen-bond donors (Lipinski definition) is 1. The topological polar surface area (TPSA) is 20.2 Å². The highest BCUT2D eigenvalue weighted by Crippen LogP contribution is 2.42. The number of aromatic hydroxyl groups is 1. The van der Waals surface area contributed by atoms with Crippen molar-refractivity contribution in [3.63, 3.8) is 0 Å². The molecule has 2 aliphatic carbocycles. The molecule has 142 valence electrons. The summed E-state index contributed by atoms with van der Waals surface area (Å²) in [5, 5.41) is 9.79. The minimum absolute atomic E-state index is 0.347. The molecular weight excluding hydrogens is 328 g/mol. The highest BCUT2D eigenvalue weighted by Gasteiger charge is 2.25. The van der Waals surface area contributed by atoms with E-state index in [2.05, 4.69) is 42.5 Å². The van der Waals surface area contributed by atoms with Crippen LogP contribution in [-0.2, 0) is 0 Å². The van der Waals surface area contributed by atoms with E-state index >= 15 is 0 Å². The fourth-order valence-electron chi connectivity index (χ4n) is 5.24. The first-order valence-electron chi connectivity index (χ1n) is 10.9. The zero-order valence-electron chi connectivity index (χ0n) is 16.4. The molecule has 0 atom stereocenters. The Morgan fingerprint density at radius 1 is 0.741 bits per heavy atom. The molecule has 0 unspecified atom stereocenters. The van der Waals surface area contributed by atoms with E-state index < -0.39 is 0 Å². The van der Waals surface area contributed by atoms with Crippen molar-refractivity contribution in [3.8, 4) is 5.75 Å². The van der Waals surface area contributed by atoms with Gasteiger partial charge in [-0.05, 0) is 66.4 Å². The number of phenols is 1. The van der Waals surface area contributed by atoms with Crippen molar-refractivity contribution in [2.24, 2.45) is 11.8 Å². The van der Waals surface area contributed by atoms with E-state index in [0.29, 0.717) is 5.75 Å². The third-order valence-electron chi connectivity index (χ3n) is 6.68. The van der Waals surface area contributed by atoms with Gasteiger partial charge >= 0.3 is 0 Å². The van der Waals surface area contributed by atoms with E-state index in [4.69, 9.17) is 0 Å². The standard InChI is InChI=1S/C26H32O/c27-24-17-15-23(16-18-24)26(22-12-2-1-3-13-22)25(21-10-6-7-11-21)19-14-20-8-4-5-9-20/h1-3,12-13,15-18,20-21,27H,4-11,14,19H2/b26-25-. The molecule has 2 saturated carbocycles. The summed E-state index contributed by atoms with van der Waals surface area (Å²) in [5.74, 6) is 2.01. The van der Waals surface area contributed by atoms with Gasteiger partial charge in [0.15, 0.2) is 0 Å². The highest BCUT2D eigenvalue weighted by atomic mass is 16.3. The molecule has 2 aromatic carbocycles. The van der Waals surface area contributed by atoms with E-state index in [1.54, 1.807) is 5.57 Å². The Balaban J connectivity index is 1.76. The molecule has 0 heterocycles. The van der Waals surface area contributed by atoms with Crippen LogP contribution in [0.2, 0.25) is 0 Å². The van der Waals surface area contributed by atoms with Crippen LogP contribution in [0.25, 0.3) is 5.57 Å². The van der Waals surface area contributed by atoms with Crippen molar-refractivity contribution in [2.45, 2.75) is 64.2 Å². The second-order valence-electron chi connectivity index (χ2n) is 8.48. The minimum atomic E-state index is 0.347. The van der Waals surface area contributed by atoms with Crippen molar-refractivity contribution < 1.29 is 5.11 Å². The van der Waals surface area contributed by atoms with Gasteiger partial charge in [-0.3, -0.25) is 0 Å². The van der Waals surface area contributed by atoms with Crippen LogP contribution in [0.1, 0.15) is 75.3 Å². The zero-order chi connectivity index (χ0) is 18.5. The summed E-state index contributed by atoms with van der Waals surface area (Å²) in [6, 6.07) is 18.8. The largest absolute Gasteiger partial charge is 0.508 e. The van der Waals surface area contributed by atoms with E-state index in [-0.39, 0.29) is 0 Å². The molecule has 2 aliphatic rings. The number of allylic oxidation sites excluding steroid dienone is 1. The van der Waals surface area contributed by atoms with Crippen molar-refractivity contribution in [3.05, 3.63) is 71.3 Å². The third-order valence-corrected chi connectivity index (χ3v) is 6.68. The molecule has 0 amide bonds. The molecule has 0 aromatic heterocycles. The van der Waals surface area contributed by atoms with Crippen molar-refractivity contribution in [1.82, 2.24) is 0 Å². The van der Waals surface area contributed by atoms with Gasteiger partial charge in [0, 0.05) is 0 Å². The van der Waals surface area contributed by atoms with E-state index in [1.165, 1.54) is 80.9 Å². The summed E-state index contributed by atoms with van der Waals surface area (Å²) in [6.45, 7) is 0. The highest BCUT2D eigenvalue weighted by molar-refractivity contribution is 5.82. The fourth-order valence-corrected chi connectivity index (χ4v) is 5.24. The van der Waals surface area contributed by atoms with Crippen LogP contribution in [0.5, 0.6) is 5.75 Å². The van der Waals surface area contributed by atoms with Crippen molar-refractivity contribution in [2.75, 3.05) is 0 Å². The molecule has 0 radical (unpaired) electrons. The molecule has 1 heteroatoms. The Hall–Kier alpha value is -2.02. The molecule has 4 rings (SSSR count). The van der Waals surface area contributed by atoms with Crippen LogP contribution < -0.4 is 0 Å². The average Bonchev–Trinajstić information content (AvgIpc) is 3.41. The van der Waals surface area contributed by atoms with Crippen LogP contribution in [0.4, 0.5) is 0 Å². The first-order valence-corrected chi connectivity index (χ1v) is 10.9. The summed E-state index contributed by atoms with van der Waals surface area (Å²) < 4.78 is 0. The van der Waals surface area contributed by atoms with Gasteiger partial charge in [-0.15, -0.1) is 0 Å². The van der Waals surface area contributed by atoms with Gasteiger partial charge in [0.25, 0.3) is 0 Å². The molecular formula is C26H32O. The van der Waals surface area contributed by atoms with Gasteiger partial charge in [-0.1, -0.05) is 86.6 Å². The predicted molar refractivity (Wildman–Crippen MR) is 114 cm³/mol. The van der Waals surface area contributed by atoms with Crippen LogP contribution >= 0.6 is 0 Å². The van der Waals surface area contributed by atoms with Crippen molar-refractivity contribution in [1.29, 1.82) is 0 Å². The second-order valence-corrected chi connectivity index (χ2v) is 8.48. The van der Waals surface area contributed by atoms with Crippen LogP contribution in [0.15, 0.2) is 60.2 Å². The summed E-state index contributed by atoms with van der Waals surface area (Å²) in [5.41, 5.74) is 5.70. The maximum atomic E-state index is 9.79. The number of benzene rings is 2. The smallest absolute Gasteiger partial charge is 0.115 e. The molecule has 2 aromatic rings. The Morgan fingerprint density at radius 2 is 1.33 bits per heavy atom. The average molecular weight is 361 g/mol. The first kappa shape index (κ1) is 18.3. The van der Waals surface area contributed by atoms with Gasteiger partial charge in [-0.25, -0.2) is 0 Å². The van der Waals surface area contributed by atoms with Gasteiger partial charge < -0.3 is 5.11 Å². The van der Waals surface area contributed by atoms with Gasteiger partial charge in [0.1, 0.15) is 5.75 Å². The lowest BCUT2D eigenvalue weighted by Gasteiger charge is -2.23. The van der Waals surface area contributed by atoms with E-state index in [9.17, 15) is 5.11 Å².